The molecular formula is C25H27N5O3. The number of anilines is 2. The quantitative estimate of drug-likeness (QED) is 0.477. The molecule has 0 bridgehead atoms. The molecule has 1 saturated heterocycles. The summed E-state index contributed by atoms with van der Waals surface area (Å²) in [5.74, 6) is 1.94. The SMILES string of the molecule is C=CC(=O)N1CCCC(Nc2ncnc(N)c2C(O)c2ccc(Oc3ccccc3)cc2)C1. The third kappa shape index (κ3) is 5.30. The molecule has 1 amide bonds. The number of para-hydroxylation sites is 1. The van der Waals surface area contributed by atoms with Crippen molar-refractivity contribution in [2.45, 2.75) is 25.0 Å². The van der Waals surface area contributed by atoms with E-state index in [1.165, 1.54) is 12.4 Å². The van der Waals surface area contributed by atoms with Gasteiger partial charge in [0.25, 0.3) is 0 Å². The van der Waals surface area contributed by atoms with Crippen LogP contribution < -0.4 is 15.8 Å². The van der Waals surface area contributed by atoms with E-state index in [-0.39, 0.29) is 17.8 Å². The van der Waals surface area contributed by atoms with E-state index in [0.29, 0.717) is 35.8 Å². The number of aromatic nitrogens is 2. The summed E-state index contributed by atoms with van der Waals surface area (Å²) in [6.07, 6.45) is 3.38. The molecule has 0 saturated carbocycles. The van der Waals surface area contributed by atoms with Crippen molar-refractivity contribution in [3.63, 3.8) is 0 Å². The van der Waals surface area contributed by atoms with Gasteiger partial charge in [-0.1, -0.05) is 36.9 Å². The first-order valence-electron chi connectivity index (χ1n) is 10.8. The van der Waals surface area contributed by atoms with Gasteiger partial charge in [-0.05, 0) is 48.7 Å². The highest BCUT2D eigenvalue weighted by Gasteiger charge is 2.26. The lowest BCUT2D eigenvalue weighted by molar-refractivity contribution is -0.127. The molecule has 0 aliphatic carbocycles. The van der Waals surface area contributed by atoms with Crippen LogP contribution >= 0.6 is 0 Å². The van der Waals surface area contributed by atoms with E-state index in [1.54, 1.807) is 29.2 Å². The fourth-order valence-electron chi connectivity index (χ4n) is 3.92. The largest absolute Gasteiger partial charge is 0.457 e. The topological polar surface area (TPSA) is 114 Å². The highest BCUT2D eigenvalue weighted by atomic mass is 16.5. The molecule has 2 aromatic carbocycles. The minimum Gasteiger partial charge on any atom is -0.457 e. The number of ether oxygens (including phenoxy) is 1. The molecular weight excluding hydrogens is 418 g/mol. The Balaban J connectivity index is 1.51. The Hall–Kier alpha value is -3.91. The van der Waals surface area contributed by atoms with Crippen LogP contribution in [0.2, 0.25) is 0 Å². The molecule has 8 heteroatoms. The summed E-state index contributed by atoms with van der Waals surface area (Å²) < 4.78 is 5.82. The maximum atomic E-state index is 12.0. The van der Waals surface area contributed by atoms with E-state index >= 15 is 0 Å². The van der Waals surface area contributed by atoms with Crippen LogP contribution in [0.4, 0.5) is 11.6 Å². The zero-order chi connectivity index (χ0) is 23.2. The molecule has 4 rings (SSSR count). The molecule has 2 heterocycles. The number of aliphatic hydroxyl groups excluding tert-OH is 1. The summed E-state index contributed by atoms with van der Waals surface area (Å²) in [5, 5.41) is 14.5. The first-order chi connectivity index (χ1) is 16.0. The third-order valence-corrected chi connectivity index (χ3v) is 5.61. The number of amides is 1. The number of aliphatic hydroxyl groups is 1. The van der Waals surface area contributed by atoms with E-state index < -0.39 is 6.10 Å². The number of carbonyl (C=O) groups is 1. The number of benzene rings is 2. The lowest BCUT2D eigenvalue weighted by atomic mass is 10.0. The average Bonchev–Trinajstić information content (AvgIpc) is 2.84. The summed E-state index contributed by atoms with van der Waals surface area (Å²) >= 11 is 0. The second kappa shape index (κ2) is 10.1. The molecule has 33 heavy (non-hydrogen) atoms. The fourth-order valence-corrected chi connectivity index (χ4v) is 3.92. The predicted octanol–water partition coefficient (Wildman–Crippen LogP) is 3.52. The zero-order valence-electron chi connectivity index (χ0n) is 18.2. The van der Waals surface area contributed by atoms with Gasteiger partial charge in [0, 0.05) is 19.1 Å². The van der Waals surface area contributed by atoms with Gasteiger partial charge in [-0.3, -0.25) is 4.79 Å². The Bertz CT molecular complexity index is 1100. The number of nitrogens with zero attached hydrogens (tertiary/aromatic N) is 3. The van der Waals surface area contributed by atoms with Crippen LogP contribution in [0.3, 0.4) is 0 Å². The highest BCUT2D eigenvalue weighted by Crippen LogP contribution is 2.33. The summed E-state index contributed by atoms with van der Waals surface area (Å²) in [7, 11) is 0. The minimum atomic E-state index is -1.03. The lowest BCUT2D eigenvalue weighted by Gasteiger charge is -2.33. The van der Waals surface area contributed by atoms with Crippen molar-refractivity contribution in [2.75, 3.05) is 24.1 Å². The Morgan fingerprint density at radius 3 is 2.64 bits per heavy atom. The normalized spacial score (nSPS) is 16.6. The maximum Gasteiger partial charge on any atom is 0.246 e. The van der Waals surface area contributed by atoms with Gasteiger partial charge in [0.2, 0.25) is 5.91 Å². The van der Waals surface area contributed by atoms with Gasteiger partial charge in [0.05, 0.1) is 5.56 Å². The van der Waals surface area contributed by atoms with Gasteiger partial charge >= 0.3 is 0 Å². The molecule has 3 aromatic rings. The number of hydrogen-bond donors (Lipinski definition) is 3. The fraction of sp³-hybridized carbons (Fsp3) is 0.240. The highest BCUT2D eigenvalue weighted by molar-refractivity contribution is 5.87. The van der Waals surface area contributed by atoms with Gasteiger partial charge < -0.3 is 25.8 Å². The van der Waals surface area contributed by atoms with Crippen molar-refractivity contribution in [2.24, 2.45) is 0 Å². The number of piperidine rings is 1. The number of nitrogen functional groups attached to an aromatic ring is 1. The van der Waals surface area contributed by atoms with E-state index in [4.69, 9.17) is 10.5 Å². The Labute approximate surface area is 192 Å². The predicted molar refractivity (Wildman–Crippen MR) is 127 cm³/mol. The monoisotopic (exact) mass is 445 g/mol. The second-order valence-electron chi connectivity index (χ2n) is 7.88. The molecule has 1 fully saturated rings. The van der Waals surface area contributed by atoms with Gasteiger partial charge in [-0.25, -0.2) is 9.97 Å². The third-order valence-electron chi connectivity index (χ3n) is 5.61. The number of carbonyl (C=O) groups excluding carboxylic acids is 1. The molecule has 4 N–H and O–H groups in total. The van der Waals surface area contributed by atoms with Crippen molar-refractivity contribution in [3.8, 4) is 11.5 Å². The molecule has 170 valence electrons. The van der Waals surface area contributed by atoms with Crippen molar-refractivity contribution in [1.82, 2.24) is 14.9 Å². The molecule has 8 nitrogen and oxygen atoms in total. The van der Waals surface area contributed by atoms with Gasteiger partial charge in [0.15, 0.2) is 0 Å². The summed E-state index contributed by atoms with van der Waals surface area (Å²) in [6, 6.07) is 16.6. The van der Waals surface area contributed by atoms with Crippen molar-refractivity contribution in [1.29, 1.82) is 0 Å². The number of nitrogens with two attached hydrogens (primary N) is 1. The second-order valence-corrected chi connectivity index (χ2v) is 7.88. The average molecular weight is 446 g/mol. The molecule has 2 unspecified atom stereocenters. The van der Waals surface area contributed by atoms with Gasteiger partial charge in [-0.15, -0.1) is 0 Å². The Morgan fingerprint density at radius 2 is 1.91 bits per heavy atom. The molecule has 1 aliphatic rings. The van der Waals surface area contributed by atoms with Crippen LogP contribution in [0.1, 0.15) is 30.1 Å². The van der Waals surface area contributed by atoms with Crippen molar-refractivity contribution >= 4 is 17.5 Å². The first-order valence-corrected chi connectivity index (χ1v) is 10.8. The van der Waals surface area contributed by atoms with Crippen molar-refractivity contribution < 1.29 is 14.6 Å². The van der Waals surface area contributed by atoms with Crippen LogP contribution in [0.25, 0.3) is 0 Å². The number of nitrogens with one attached hydrogen (secondary N) is 1. The van der Waals surface area contributed by atoms with E-state index in [9.17, 15) is 9.90 Å². The van der Waals surface area contributed by atoms with E-state index in [2.05, 4.69) is 21.9 Å². The van der Waals surface area contributed by atoms with E-state index in [0.717, 1.165) is 18.6 Å². The molecule has 0 spiro atoms. The molecule has 1 aliphatic heterocycles. The van der Waals surface area contributed by atoms with Gasteiger partial charge in [-0.2, -0.15) is 0 Å². The zero-order valence-corrected chi connectivity index (χ0v) is 18.2. The molecule has 1 aromatic heterocycles. The first kappa shape index (κ1) is 22.3. The minimum absolute atomic E-state index is 0.0236. The van der Waals surface area contributed by atoms with Crippen molar-refractivity contribution in [3.05, 3.63) is 84.7 Å². The molecule has 0 radical (unpaired) electrons. The number of rotatable bonds is 7. The molecule has 2 atom stereocenters. The summed E-state index contributed by atoms with van der Waals surface area (Å²) in [6.45, 7) is 4.79. The lowest BCUT2D eigenvalue weighted by Crippen LogP contribution is -2.44. The standard InChI is InChI=1S/C25H27N5O3/c1-2-21(31)30-14-6-7-18(15-30)29-25-22(24(26)27-16-28-25)23(32)17-10-12-20(13-11-17)33-19-8-4-3-5-9-19/h2-5,8-13,16,18,23,32H,1,6-7,14-15H2,(H3,26,27,28,29). The van der Waals surface area contributed by atoms with E-state index in [1.807, 2.05) is 30.3 Å². The van der Waals surface area contributed by atoms with Crippen LogP contribution in [-0.2, 0) is 4.79 Å². The number of hydrogen-bond acceptors (Lipinski definition) is 7. The van der Waals surface area contributed by atoms with Gasteiger partial charge in [0.1, 0.15) is 35.6 Å². The smallest absolute Gasteiger partial charge is 0.246 e. The van der Waals surface area contributed by atoms with Crippen LogP contribution in [0.15, 0.2) is 73.6 Å². The van der Waals surface area contributed by atoms with Crippen LogP contribution in [-0.4, -0.2) is 45.0 Å². The maximum absolute atomic E-state index is 12.0. The summed E-state index contributed by atoms with van der Waals surface area (Å²) in [4.78, 5) is 22.2. The summed E-state index contributed by atoms with van der Waals surface area (Å²) in [5.41, 5.74) is 7.18. The Kier molecular flexibility index (Phi) is 6.85. The van der Waals surface area contributed by atoms with Crippen LogP contribution in [0, 0.1) is 0 Å². The Morgan fingerprint density at radius 1 is 1.18 bits per heavy atom. The van der Waals surface area contributed by atoms with Crippen LogP contribution in [0.5, 0.6) is 11.5 Å². The number of likely N-dealkylation sites (tertiary alicyclic amines) is 1.